The highest BCUT2D eigenvalue weighted by atomic mass is 16.5. The van der Waals surface area contributed by atoms with Crippen LogP contribution in [0.25, 0.3) is 0 Å². The first-order chi connectivity index (χ1) is 9.33. The summed E-state index contributed by atoms with van der Waals surface area (Å²) in [5.74, 6) is 0.742. The quantitative estimate of drug-likeness (QED) is 0.799. The van der Waals surface area contributed by atoms with Gasteiger partial charge in [-0.15, -0.1) is 0 Å². The Morgan fingerprint density at radius 1 is 1.15 bits per heavy atom. The van der Waals surface area contributed by atoms with E-state index in [1.807, 2.05) is 27.9 Å². The molecule has 1 rings (SSSR count). The number of nitrogen functional groups attached to an aromatic ring is 1. The zero-order chi connectivity index (χ0) is 15.3. The Balaban J connectivity index is 2.99. The summed E-state index contributed by atoms with van der Waals surface area (Å²) in [6.45, 7) is 9.73. The summed E-state index contributed by atoms with van der Waals surface area (Å²) < 4.78 is 5.51. The smallest absolute Gasteiger partial charge is 0.323 e. The fourth-order valence-corrected chi connectivity index (χ4v) is 2.03. The van der Waals surface area contributed by atoms with Crippen molar-refractivity contribution in [2.75, 3.05) is 37.8 Å². The summed E-state index contributed by atoms with van der Waals surface area (Å²) in [7, 11) is 4.08. The molecule has 7 heteroatoms. The molecule has 0 aliphatic rings. The number of anilines is 2. The van der Waals surface area contributed by atoms with Crippen molar-refractivity contribution in [1.82, 2.24) is 19.9 Å². The van der Waals surface area contributed by atoms with Crippen LogP contribution in [0.3, 0.4) is 0 Å². The van der Waals surface area contributed by atoms with Crippen molar-refractivity contribution in [2.45, 2.75) is 39.8 Å². The van der Waals surface area contributed by atoms with Crippen LogP contribution in [0.2, 0.25) is 0 Å². The van der Waals surface area contributed by atoms with E-state index in [0.29, 0.717) is 5.95 Å². The third kappa shape index (κ3) is 4.80. The van der Waals surface area contributed by atoms with Gasteiger partial charge in [-0.25, -0.2) is 0 Å². The fourth-order valence-electron chi connectivity index (χ4n) is 2.03. The first kappa shape index (κ1) is 16.4. The Morgan fingerprint density at radius 3 is 2.30 bits per heavy atom. The summed E-state index contributed by atoms with van der Waals surface area (Å²) >= 11 is 0. The minimum absolute atomic E-state index is 0.000995. The Labute approximate surface area is 121 Å². The van der Waals surface area contributed by atoms with Crippen LogP contribution in [0.15, 0.2) is 0 Å². The molecule has 0 saturated heterocycles. The average molecular weight is 282 g/mol. The van der Waals surface area contributed by atoms with Crippen LogP contribution in [0.1, 0.15) is 27.7 Å². The second-order valence-corrected chi connectivity index (χ2v) is 5.34. The molecule has 1 atom stereocenters. The zero-order valence-electron chi connectivity index (χ0n) is 13.3. The third-order valence-corrected chi connectivity index (χ3v) is 2.72. The van der Waals surface area contributed by atoms with Gasteiger partial charge in [-0.2, -0.15) is 15.0 Å². The van der Waals surface area contributed by atoms with Gasteiger partial charge in [-0.3, -0.25) is 0 Å². The maximum Gasteiger partial charge on any atom is 0.323 e. The largest absolute Gasteiger partial charge is 0.461 e. The summed E-state index contributed by atoms with van der Waals surface area (Å²) in [4.78, 5) is 16.8. The van der Waals surface area contributed by atoms with Gasteiger partial charge in [-0.1, -0.05) is 0 Å². The second-order valence-electron chi connectivity index (χ2n) is 5.34. The molecule has 2 N–H and O–H groups in total. The van der Waals surface area contributed by atoms with E-state index < -0.39 is 0 Å². The lowest BCUT2D eigenvalue weighted by molar-refractivity contribution is 0.222. The molecule has 1 aromatic heterocycles. The van der Waals surface area contributed by atoms with Gasteiger partial charge in [0.25, 0.3) is 0 Å². The minimum atomic E-state index is -0.000995. The lowest BCUT2D eigenvalue weighted by Gasteiger charge is -2.30. The van der Waals surface area contributed by atoms with Crippen LogP contribution in [0, 0.1) is 0 Å². The number of hydrogen-bond donors (Lipinski definition) is 1. The van der Waals surface area contributed by atoms with Crippen molar-refractivity contribution in [3.05, 3.63) is 0 Å². The van der Waals surface area contributed by atoms with Gasteiger partial charge in [0.1, 0.15) is 0 Å². The third-order valence-electron chi connectivity index (χ3n) is 2.72. The predicted octanol–water partition coefficient (Wildman–Crippen LogP) is 1.02. The number of ether oxygens (including phenoxy) is 1. The summed E-state index contributed by atoms with van der Waals surface area (Å²) in [5, 5.41) is 0. The normalized spacial score (nSPS) is 12.8. The highest BCUT2D eigenvalue weighted by molar-refractivity contribution is 5.37. The molecule has 1 aromatic rings. The lowest BCUT2D eigenvalue weighted by Crippen LogP contribution is -2.41. The van der Waals surface area contributed by atoms with Gasteiger partial charge < -0.3 is 20.3 Å². The molecule has 114 valence electrons. The molecule has 0 aliphatic carbocycles. The molecular weight excluding hydrogens is 256 g/mol. The minimum Gasteiger partial charge on any atom is -0.461 e. The van der Waals surface area contributed by atoms with E-state index in [0.717, 1.165) is 13.1 Å². The Hall–Kier alpha value is -1.63. The Bertz CT molecular complexity index is 423. The van der Waals surface area contributed by atoms with Crippen molar-refractivity contribution in [2.24, 2.45) is 0 Å². The topological polar surface area (TPSA) is 80.4 Å². The standard InChI is InChI=1S/C13H26N6O/c1-7-19(10(4)8-18(5)6)12-15-11(14)16-13(17-12)20-9(2)3/h9-10H,7-8H2,1-6H3,(H2,14,15,16,17). The average Bonchev–Trinajstić information content (AvgIpc) is 2.26. The molecule has 0 bridgehead atoms. The number of hydrogen-bond acceptors (Lipinski definition) is 7. The van der Waals surface area contributed by atoms with E-state index in [1.54, 1.807) is 0 Å². The molecule has 0 fully saturated rings. The summed E-state index contributed by atoms with van der Waals surface area (Å²) in [6.07, 6.45) is -0.000995. The van der Waals surface area contributed by atoms with Crippen molar-refractivity contribution in [3.63, 3.8) is 0 Å². The van der Waals surface area contributed by atoms with Crippen molar-refractivity contribution >= 4 is 11.9 Å². The van der Waals surface area contributed by atoms with Gasteiger partial charge in [0, 0.05) is 19.1 Å². The molecule has 0 radical (unpaired) electrons. The molecule has 0 amide bonds. The summed E-state index contributed by atoms with van der Waals surface area (Å²) in [6, 6.07) is 0.543. The predicted molar refractivity (Wildman–Crippen MR) is 81.0 cm³/mol. The van der Waals surface area contributed by atoms with Crippen LogP contribution in [0.4, 0.5) is 11.9 Å². The number of aromatic nitrogens is 3. The Morgan fingerprint density at radius 2 is 1.80 bits per heavy atom. The van der Waals surface area contributed by atoms with E-state index in [-0.39, 0.29) is 24.1 Å². The molecule has 0 aromatic carbocycles. The van der Waals surface area contributed by atoms with Gasteiger partial charge in [-0.05, 0) is 41.8 Å². The van der Waals surface area contributed by atoms with Crippen LogP contribution >= 0.6 is 0 Å². The number of nitrogens with two attached hydrogens (primary N) is 1. The molecule has 20 heavy (non-hydrogen) atoms. The molecule has 1 unspecified atom stereocenters. The van der Waals surface area contributed by atoms with Gasteiger partial charge >= 0.3 is 6.01 Å². The molecule has 0 aliphatic heterocycles. The number of rotatable bonds is 7. The van der Waals surface area contributed by atoms with E-state index in [1.165, 1.54) is 0 Å². The number of likely N-dealkylation sites (N-methyl/N-ethyl adjacent to an activating group) is 2. The van der Waals surface area contributed by atoms with E-state index in [4.69, 9.17) is 10.5 Å². The molecule has 1 heterocycles. The first-order valence-electron chi connectivity index (χ1n) is 6.93. The highest BCUT2D eigenvalue weighted by Gasteiger charge is 2.18. The molecular formula is C13H26N6O. The molecule has 0 saturated carbocycles. The maximum absolute atomic E-state index is 5.75. The van der Waals surface area contributed by atoms with Gasteiger partial charge in [0.2, 0.25) is 11.9 Å². The first-order valence-corrected chi connectivity index (χ1v) is 6.93. The van der Waals surface area contributed by atoms with Crippen LogP contribution in [0.5, 0.6) is 6.01 Å². The molecule has 0 spiro atoms. The lowest BCUT2D eigenvalue weighted by atomic mass is 10.3. The van der Waals surface area contributed by atoms with Crippen LogP contribution in [-0.2, 0) is 0 Å². The van der Waals surface area contributed by atoms with Crippen molar-refractivity contribution in [1.29, 1.82) is 0 Å². The number of nitrogens with zero attached hydrogens (tertiary/aromatic N) is 5. The zero-order valence-corrected chi connectivity index (χ0v) is 13.3. The van der Waals surface area contributed by atoms with Gasteiger partial charge in [0.05, 0.1) is 6.10 Å². The van der Waals surface area contributed by atoms with Crippen LogP contribution < -0.4 is 15.4 Å². The van der Waals surface area contributed by atoms with Crippen LogP contribution in [-0.4, -0.2) is 59.2 Å². The SMILES string of the molecule is CCN(c1nc(N)nc(OC(C)C)n1)C(C)CN(C)C. The monoisotopic (exact) mass is 282 g/mol. The van der Waals surface area contributed by atoms with Crippen molar-refractivity contribution < 1.29 is 4.74 Å². The van der Waals surface area contributed by atoms with Crippen molar-refractivity contribution in [3.8, 4) is 6.01 Å². The van der Waals surface area contributed by atoms with Gasteiger partial charge in [0.15, 0.2) is 0 Å². The second kappa shape index (κ2) is 7.23. The maximum atomic E-state index is 5.75. The van der Waals surface area contributed by atoms with E-state index in [2.05, 4.69) is 38.6 Å². The highest BCUT2D eigenvalue weighted by Crippen LogP contribution is 2.16. The molecule has 7 nitrogen and oxygen atoms in total. The van der Waals surface area contributed by atoms with E-state index >= 15 is 0 Å². The fraction of sp³-hybridized carbons (Fsp3) is 0.769. The summed E-state index contributed by atoms with van der Waals surface area (Å²) in [5.41, 5.74) is 5.75. The Kier molecular flexibility index (Phi) is 5.94. The van der Waals surface area contributed by atoms with E-state index in [9.17, 15) is 0 Å².